The van der Waals surface area contributed by atoms with E-state index < -0.39 is 11.2 Å². The van der Waals surface area contributed by atoms with E-state index >= 15 is 0 Å². The number of aliphatic hydroxyl groups is 1. The number of nitrogens with zero attached hydrogens (tertiary/aromatic N) is 1. The van der Waals surface area contributed by atoms with Crippen molar-refractivity contribution in [3.05, 3.63) is 35.4 Å². The highest BCUT2D eigenvalue weighted by atomic mass is 16.6. The fraction of sp³-hybridized carbons (Fsp3) is 0.719. The lowest BCUT2D eigenvalue weighted by Gasteiger charge is -2.54. The van der Waals surface area contributed by atoms with Gasteiger partial charge in [0.25, 0.3) is 0 Å². The van der Waals surface area contributed by atoms with Gasteiger partial charge in [0.15, 0.2) is 11.5 Å². The second-order valence-corrected chi connectivity index (χ2v) is 13.9. The molecule has 1 aromatic carbocycles. The van der Waals surface area contributed by atoms with Crippen LogP contribution in [0.4, 0.5) is 4.79 Å². The number of allylic oxidation sites excluding steroid dienone is 2. The predicted octanol–water partition coefficient (Wildman–Crippen LogP) is 6.68. The molecule has 39 heavy (non-hydrogen) atoms. The fourth-order valence-corrected chi connectivity index (χ4v) is 5.99. The summed E-state index contributed by atoms with van der Waals surface area (Å²) in [5, 5.41) is 9.74. The van der Waals surface area contributed by atoms with E-state index in [0.29, 0.717) is 25.4 Å². The normalized spacial score (nSPS) is 28.4. The molecule has 7 heteroatoms. The molecule has 2 saturated heterocycles. The number of fused-ring (bicyclic) bond motifs is 4. The molecule has 7 nitrogen and oxygen atoms in total. The van der Waals surface area contributed by atoms with Gasteiger partial charge < -0.3 is 29.0 Å². The van der Waals surface area contributed by atoms with Crippen molar-refractivity contribution in [3.8, 4) is 11.5 Å². The Kier molecular flexibility index (Phi) is 8.63. The summed E-state index contributed by atoms with van der Waals surface area (Å²) in [5.41, 5.74) is 0.991. The van der Waals surface area contributed by atoms with Crippen LogP contribution in [-0.2, 0) is 9.47 Å². The Morgan fingerprint density at radius 3 is 2.64 bits per heavy atom. The van der Waals surface area contributed by atoms with E-state index in [0.717, 1.165) is 37.0 Å². The lowest BCUT2D eigenvalue weighted by atomic mass is 9.68. The Labute approximate surface area is 234 Å². The van der Waals surface area contributed by atoms with Crippen molar-refractivity contribution in [2.24, 2.45) is 17.3 Å². The van der Waals surface area contributed by atoms with Crippen molar-refractivity contribution in [1.82, 2.24) is 4.90 Å². The molecule has 0 aliphatic carbocycles. The number of piperidine rings is 1. The molecule has 5 atom stereocenters. The van der Waals surface area contributed by atoms with Gasteiger partial charge in [-0.05, 0) is 73.3 Å². The van der Waals surface area contributed by atoms with Crippen molar-refractivity contribution >= 4 is 6.09 Å². The smallest absolute Gasteiger partial charge is 0.410 e. The maximum Gasteiger partial charge on any atom is 0.410 e. The van der Waals surface area contributed by atoms with Gasteiger partial charge in [0.2, 0.25) is 0 Å². The number of carbonyl (C=O) groups is 1. The molecular weight excluding hydrogens is 494 g/mol. The lowest BCUT2D eigenvalue weighted by molar-refractivity contribution is -0.191. The highest BCUT2D eigenvalue weighted by molar-refractivity contribution is 5.68. The first kappa shape index (κ1) is 29.7. The van der Waals surface area contributed by atoms with Crippen LogP contribution in [0, 0.1) is 17.3 Å². The number of ether oxygens (including phenoxy) is 4. The van der Waals surface area contributed by atoms with Crippen LogP contribution < -0.4 is 9.47 Å². The minimum atomic E-state index is -0.515. The SMILES string of the molecule is CC(C)=CCC[C@]1(C)Oc2c(OCC(C)(C)CO)cccc2[C@H]2O[C@H]3CCN(C(=O)OC(C)(C)C)C[C@@H]3C[C@@H]21. The molecule has 3 heterocycles. The van der Waals surface area contributed by atoms with E-state index in [1.807, 2.05) is 51.7 Å². The van der Waals surface area contributed by atoms with Crippen LogP contribution in [0.1, 0.15) is 92.7 Å². The summed E-state index contributed by atoms with van der Waals surface area (Å²) in [6, 6.07) is 6.06. The minimum Gasteiger partial charge on any atom is -0.489 e. The molecule has 3 aliphatic heterocycles. The van der Waals surface area contributed by atoms with Crippen molar-refractivity contribution < 1.29 is 28.8 Å². The molecule has 2 fully saturated rings. The number of para-hydroxylation sites is 1. The van der Waals surface area contributed by atoms with Crippen LogP contribution in [0.2, 0.25) is 0 Å². The first-order chi connectivity index (χ1) is 18.2. The topological polar surface area (TPSA) is 77.5 Å². The van der Waals surface area contributed by atoms with Gasteiger partial charge in [0.05, 0.1) is 25.4 Å². The number of carbonyl (C=O) groups excluding carboxylic acids is 1. The monoisotopic (exact) mass is 543 g/mol. The fourth-order valence-electron chi connectivity index (χ4n) is 5.99. The van der Waals surface area contributed by atoms with E-state index in [-0.39, 0.29) is 42.2 Å². The molecule has 3 aliphatic rings. The molecule has 0 unspecified atom stereocenters. The summed E-state index contributed by atoms with van der Waals surface area (Å²) in [6.45, 7) is 17.8. The zero-order chi connectivity index (χ0) is 28.6. The molecular formula is C32H49NO6. The van der Waals surface area contributed by atoms with E-state index in [2.05, 4.69) is 32.9 Å². The predicted molar refractivity (Wildman–Crippen MR) is 152 cm³/mol. The summed E-state index contributed by atoms with van der Waals surface area (Å²) in [4.78, 5) is 14.7. The zero-order valence-electron chi connectivity index (χ0n) is 25.2. The number of hydrogen-bond acceptors (Lipinski definition) is 6. The number of benzene rings is 1. The van der Waals surface area contributed by atoms with E-state index in [4.69, 9.17) is 18.9 Å². The lowest BCUT2D eigenvalue weighted by Crippen LogP contribution is -2.57. The Balaban J connectivity index is 1.62. The minimum absolute atomic E-state index is 0.0422. The Bertz CT molecular complexity index is 1060. The average molecular weight is 544 g/mol. The number of rotatable bonds is 7. The third-order valence-electron chi connectivity index (χ3n) is 8.23. The summed E-state index contributed by atoms with van der Waals surface area (Å²) in [5.74, 6) is 1.83. The molecule has 1 aromatic rings. The van der Waals surface area contributed by atoms with Gasteiger partial charge >= 0.3 is 6.09 Å². The largest absolute Gasteiger partial charge is 0.489 e. The summed E-state index contributed by atoms with van der Waals surface area (Å²) in [7, 11) is 0. The van der Waals surface area contributed by atoms with Crippen LogP contribution in [-0.4, -0.2) is 59.7 Å². The summed E-state index contributed by atoms with van der Waals surface area (Å²) >= 11 is 0. The Morgan fingerprint density at radius 1 is 1.23 bits per heavy atom. The molecule has 0 bridgehead atoms. The third-order valence-corrected chi connectivity index (χ3v) is 8.23. The first-order valence-electron chi connectivity index (χ1n) is 14.5. The van der Waals surface area contributed by atoms with Crippen molar-refractivity contribution in [3.63, 3.8) is 0 Å². The maximum absolute atomic E-state index is 12.9. The molecule has 218 valence electrons. The third kappa shape index (κ3) is 6.91. The van der Waals surface area contributed by atoms with Crippen LogP contribution in [0.25, 0.3) is 0 Å². The van der Waals surface area contributed by atoms with Crippen molar-refractivity contribution in [2.75, 3.05) is 26.3 Å². The molecule has 4 rings (SSSR count). The van der Waals surface area contributed by atoms with Crippen molar-refractivity contribution in [1.29, 1.82) is 0 Å². The van der Waals surface area contributed by atoms with E-state index in [1.54, 1.807) is 0 Å². The number of likely N-dealkylation sites (tertiary alicyclic amines) is 1. The summed E-state index contributed by atoms with van der Waals surface area (Å²) < 4.78 is 25.8. The van der Waals surface area contributed by atoms with E-state index in [9.17, 15) is 9.90 Å². The van der Waals surface area contributed by atoms with Gasteiger partial charge in [0, 0.05) is 35.9 Å². The highest BCUT2D eigenvalue weighted by Gasteiger charge is 2.54. The summed E-state index contributed by atoms with van der Waals surface area (Å²) in [6.07, 6.45) is 5.47. The molecule has 1 N–H and O–H groups in total. The van der Waals surface area contributed by atoms with Gasteiger partial charge in [-0.1, -0.05) is 37.6 Å². The zero-order valence-corrected chi connectivity index (χ0v) is 25.2. The molecule has 0 aromatic heterocycles. The molecule has 1 amide bonds. The maximum atomic E-state index is 12.9. The van der Waals surface area contributed by atoms with E-state index in [1.165, 1.54) is 5.57 Å². The number of amides is 1. The average Bonchev–Trinajstić information content (AvgIpc) is 2.85. The number of aliphatic hydroxyl groups excluding tert-OH is 1. The van der Waals surface area contributed by atoms with Crippen molar-refractivity contribution in [2.45, 2.75) is 104 Å². The van der Waals surface area contributed by atoms with Crippen LogP contribution in [0.3, 0.4) is 0 Å². The Hall–Kier alpha value is -2.25. The van der Waals surface area contributed by atoms with Gasteiger partial charge in [-0.25, -0.2) is 4.79 Å². The van der Waals surface area contributed by atoms with Crippen LogP contribution >= 0.6 is 0 Å². The quantitative estimate of drug-likeness (QED) is 0.386. The second kappa shape index (κ2) is 11.3. The molecule has 0 spiro atoms. The van der Waals surface area contributed by atoms with Crippen LogP contribution in [0.15, 0.2) is 29.8 Å². The van der Waals surface area contributed by atoms with Gasteiger partial charge in [-0.3, -0.25) is 0 Å². The first-order valence-corrected chi connectivity index (χ1v) is 14.5. The molecule has 0 saturated carbocycles. The standard InChI is InChI=1S/C32H49NO6/c1-21(2)11-10-15-32(8)24-17-22-18-33(29(35)39-30(3,4)5)16-14-25(22)37-27(24)23-12-9-13-26(28(23)38-32)36-20-31(6,7)19-34/h9,11-13,22,24-25,27,34H,10,14-20H2,1-8H3/t22-,24-,25-,27+,32-/m0/s1. The van der Waals surface area contributed by atoms with Gasteiger partial charge in [0.1, 0.15) is 11.2 Å². The highest BCUT2D eigenvalue weighted by Crippen LogP contribution is 2.56. The van der Waals surface area contributed by atoms with Gasteiger partial charge in [-0.2, -0.15) is 0 Å². The Morgan fingerprint density at radius 2 is 1.97 bits per heavy atom. The second-order valence-electron chi connectivity index (χ2n) is 13.9. The van der Waals surface area contributed by atoms with Gasteiger partial charge in [-0.15, -0.1) is 0 Å². The number of hydrogen-bond donors (Lipinski definition) is 1. The van der Waals surface area contributed by atoms with Crippen LogP contribution in [0.5, 0.6) is 11.5 Å². The molecule has 0 radical (unpaired) electrons.